The SMILES string of the molecule is CN1CCC[C@@H]1COc1nc(Cl)cc(OC[C@H]2CN(C(=O)OC(C)(C)C)CCN2)c1C(=O)O. The van der Waals surface area contributed by atoms with E-state index in [2.05, 4.69) is 15.2 Å². The van der Waals surface area contributed by atoms with Crippen LogP contribution in [0.2, 0.25) is 5.15 Å². The molecule has 1 aromatic rings. The Bertz CT molecular complexity index is 862. The van der Waals surface area contributed by atoms with E-state index in [1.807, 2.05) is 27.8 Å². The Balaban J connectivity index is 1.66. The third kappa shape index (κ3) is 7.09. The van der Waals surface area contributed by atoms with Crippen LogP contribution in [-0.2, 0) is 4.74 Å². The van der Waals surface area contributed by atoms with Crippen LogP contribution in [0.1, 0.15) is 44.0 Å². The number of amides is 1. The molecule has 184 valence electrons. The minimum absolute atomic E-state index is 0.0581. The lowest BCUT2D eigenvalue weighted by atomic mass is 10.2. The number of carboxylic acids is 1. The lowest BCUT2D eigenvalue weighted by molar-refractivity contribution is 0.0178. The summed E-state index contributed by atoms with van der Waals surface area (Å²) in [5.74, 6) is -1.19. The van der Waals surface area contributed by atoms with Crippen molar-refractivity contribution in [2.24, 2.45) is 0 Å². The number of likely N-dealkylation sites (tertiary alicyclic amines) is 1. The van der Waals surface area contributed by atoms with Crippen molar-refractivity contribution in [3.05, 3.63) is 16.8 Å². The van der Waals surface area contributed by atoms with Gasteiger partial charge in [-0.05, 0) is 47.2 Å². The molecule has 33 heavy (non-hydrogen) atoms. The molecule has 1 amide bonds. The van der Waals surface area contributed by atoms with E-state index in [0.29, 0.717) is 26.2 Å². The summed E-state index contributed by atoms with van der Waals surface area (Å²) in [6.07, 6.45) is 1.66. The van der Waals surface area contributed by atoms with Gasteiger partial charge in [0.1, 0.15) is 29.7 Å². The van der Waals surface area contributed by atoms with E-state index < -0.39 is 11.6 Å². The first kappa shape index (κ1) is 25.3. The number of ether oxygens (including phenoxy) is 3. The molecule has 0 aliphatic carbocycles. The number of hydrogen-bond donors (Lipinski definition) is 2. The summed E-state index contributed by atoms with van der Waals surface area (Å²) in [4.78, 5) is 32.3. The Morgan fingerprint density at radius 3 is 2.67 bits per heavy atom. The molecule has 0 bridgehead atoms. The molecular formula is C22H33ClN4O6. The van der Waals surface area contributed by atoms with E-state index in [1.165, 1.54) is 6.07 Å². The van der Waals surface area contributed by atoms with Crippen molar-refractivity contribution in [2.75, 3.05) is 46.4 Å². The summed E-state index contributed by atoms with van der Waals surface area (Å²) < 4.78 is 17.1. The van der Waals surface area contributed by atoms with Gasteiger partial charge in [-0.15, -0.1) is 0 Å². The molecule has 0 radical (unpaired) electrons. The zero-order valence-corrected chi connectivity index (χ0v) is 20.4. The van der Waals surface area contributed by atoms with Gasteiger partial charge >= 0.3 is 12.1 Å². The number of halogens is 1. The number of piperazine rings is 1. The molecule has 0 unspecified atom stereocenters. The molecule has 0 aromatic carbocycles. The summed E-state index contributed by atoms with van der Waals surface area (Å²) in [5, 5.41) is 13.2. The molecule has 11 heteroatoms. The van der Waals surface area contributed by atoms with Crippen molar-refractivity contribution in [3.63, 3.8) is 0 Å². The molecule has 0 spiro atoms. The van der Waals surface area contributed by atoms with Gasteiger partial charge in [0.25, 0.3) is 0 Å². The van der Waals surface area contributed by atoms with Gasteiger partial charge in [-0.1, -0.05) is 11.6 Å². The Morgan fingerprint density at radius 1 is 1.27 bits per heavy atom. The number of rotatable bonds is 7. The average Bonchev–Trinajstić information content (AvgIpc) is 3.13. The highest BCUT2D eigenvalue weighted by Gasteiger charge is 2.29. The quantitative estimate of drug-likeness (QED) is 0.563. The summed E-state index contributed by atoms with van der Waals surface area (Å²) >= 11 is 6.14. The molecule has 2 fully saturated rings. The number of nitrogens with one attached hydrogen (secondary N) is 1. The predicted molar refractivity (Wildman–Crippen MR) is 122 cm³/mol. The lowest BCUT2D eigenvalue weighted by Crippen LogP contribution is -2.55. The highest BCUT2D eigenvalue weighted by molar-refractivity contribution is 6.29. The fraction of sp³-hybridized carbons (Fsp3) is 0.682. The largest absolute Gasteiger partial charge is 0.491 e. The van der Waals surface area contributed by atoms with Gasteiger partial charge in [-0.25, -0.2) is 14.6 Å². The first-order valence-corrected chi connectivity index (χ1v) is 11.5. The minimum Gasteiger partial charge on any atom is -0.491 e. The fourth-order valence-corrected chi connectivity index (χ4v) is 4.05. The maximum Gasteiger partial charge on any atom is 0.410 e. The van der Waals surface area contributed by atoms with Crippen molar-refractivity contribution in [1.82, 2.24) is 20.1 Å². The number of carbonyl (C=O) groups is 2. The van der Waals surface area contributed by atoms with Gasteiger partial charge in [0.05, 0.1) is 6.04 Å². The Kier molecular flexibility index (Phi) is 8.25. The van der Waals surface area contributed by atoms with Crippen molar-refractivity contribution >= 4 is 23.7 Å². The van der Waals surface area contributed by atoms with Crippen LogP contribution < -0.4 is 14.8 Å². The van der Waals surface area contributed by atoms with E-state index in [0.717, 1.165) is 19.4 Å². The molecule has 2 saturated heterocycles. The molecular weight excluding hydrogens is 452 g/mol. The standard InChI is InChI=1S/C22H33ClN4O6/c1-22(2,3)33-21(30)27-9-7-24-14(11-27)12-31-16-10-17(23)25-19(18(16)20(28)29)32-13-15-6-5-8-26(15)4/h10,14-15,24H,5-9,11-13H2,1-4H3,(H,28,29)/t14-,15-/m1/s1. The van der Waals surface area contributed by atoms with Crippen molar-refractivity contribution in [3.8, 4) is 11.6 Å². The lowest BCUT2D eigenvalue weighted by Gasteiger charge is -2.34. The molecule has 10 nitrogen and oxygen atoms in total. The van der Waals surface area contributed by atoms with Crippen molar-refractivity contribution in [1.29, 1.82) is 0 Å². The van der Waals surface area contributed by atoms with Gasteiger partial charge in [-0.3, -0.25) is 0 Å². The Labute approximate surface area is 199 Å². The van der Waals surface area contributed by atoms with E-state index >= 15 is 0 Å². The Hall–Kier alpha value is -2.30. The Morgan fingerprint density at radius 2 is 2.03 bits per heavy atom. The summed E-state index contributed by atoms with van der Waals surface area (Å²) in [6.45, 7) is 8.33. The van der Waals surface area contributed by atoms with Crippen LogP contribution in [0.5, 0.6) is 11.6 Å². The number of hydrogen-bond acceptors (Lipinski definition) is 8. The van der Waals surface area contributed by atoms with Gasteiger partial charge in [0.15, 0.2) is 5.56 Å². The van der Waals surface area contributed by atoms with Gasteiger partial charge in [-0.2, -0.15) is 0 Å². The number of aromatic nitrogens is 1. The third-order valence-electron chi connectivity index (χ3n) is 5.56. The second-order valence-corrected chi connectivity index (χ2v) is 9.79. The summed E-state index contributed by atoms with van der Waals surface area (Å²) in [6, 6.07) is 1.35. The number of carboxylic acid groups (broad SMARTS) is 1. The first-order chi connectivity index (χ1) is 15.5. The maximum absolute atomic E-state index is 12.4. The van der Waals surface area contributed by atoms with Gasteiger partial charge in [0, 0.05) is 31.7 Å². The number of nitrogens with zero attached hydrogens (tertiary/aromatic N) is 3. The van der Waals surface area contributed by atoms with E-state index in [9.17, 15) is 14.7 Å². The number of likely N-dealkylation sites (N-methyl/N-ethyl adjacent to an activating group) is 1. The normalized spacial score (nSPS) is 21.7. The zero-order valence-electron chi connectivity index (χ0n) is 19.6. The van der Waals surface area contributed by atoms with Crippen LogP contribution in [-0.4, -0.2) is 96.1 Å². The van der Waals surface area contributed by atoms with Crippen LogP contribution in [0.25, 0.3) is 0 Å². The fourth-order valence-electron chi connectivity index (χ4n) is 3.87. The molecule has 3 rings (SSSR count). The van der Waals surface area contributed by atoms with Crippen molar-refractivity contribution in [2.45, 2.75) is 51.3 Å². The van der Waals surface area contributed by atoms with Gasteiger partial charge < -0.3 is 34.4 Å². The summed E-state index contributed by atoms with van der Waals surface area (Å²) in [5.41, 5.74) is -0.748. The second-order valence-electron chi connectivity index (χ2n) is 9.40. The van der Waals surface area contributed by atoms with Crippen LogP contribution >= 0.6 is 11.6 Å². The topological polar surface area (TPSA) is 113 Å². The smallest absolute Gasteiger partial charge is 0.410 e. The number of pyridine rings is 1. The third-order valence-corrected chi connectivity index (χ3v) is 5.76. The molecule has 1 aromatic heterocycles. The van der Waals surface area contributed by atoms with E-state index in [1.54, 1.807) is 4.90 Å². The number of aromatic carboxylic acids is 1. The van der Waals surface area contributed by atoms with Crippen LogP contribution in [0.4, 0.5) is 4.79 Å². The summed E-state index contributed by atoms with van der Waals surface area (Å²) in [7, 11) is 2.01. The molecule has 2 aliphatic rings. The zero-order chi connectivity index (χ0) is 24.2. The first-order valence-electron chi connectivity index (χ1n) is 11.1. The van der Waals surface area contributed by atoms with Crippen LogP contribution in [0, 0.1) is 0 Å². The average molecular weight is 485 g/mol. The molecule has 0 saturated carbocycles. The second kappa shape index (κ2) is 10.8. The van der Waals surface area contributed by atoms with Gasteiger partial charge in [0.2, 0.25) is 5.88 Å². The number of carbonyl (C=O) groups excluding carboxylic acids is 1. The van der Waals surface area contributed by atoms with Crippen molar-refractivity contribution < 1.29 is 28.9 Å². The predicted octanol–water partition coefficient (Wildman–Crippen LogP) is 2.49. The monoisotopic (exact) mass is 484 g/mol. The molecule has 3 heterocycles. The maximum atomic E-state index is 12.4. The minimum atomic E-state index is -1.21. The molecule has 2 N–H and O–H groups in total. The van der Waals surface area contributed by atoms with E-state index in [-0.39, 0.29) is 47.1 Å². The highest BCUT2D eigenvalue weighted by atomic mass is 35.5. The molecule has 2 aliphatic heterocycles. The van der Waals surface area contributed by atoms with Crippen LogP contribution in [0.3, 0.4) is 0 Å². The highest BCUT2D eigenvalue weighted by Crippen LogP contribution is 2.31. The van der Waals surface area contributed by atoms with Crippen LogP contribution in [0.15, 0.2) is 6.07 Å². The molecule has 2 atom stereocenters. The van der Waals surface area contributed by atoms with E-state index in [4.69, 9.17) is 25.8 Å².